The predicted molar refractivity (Wildman–Crippen MR) is 81.5 cm³/mol. The second-order valence-electron chi connectivity index (χ2n) is 5.25. The van der Waals surface area contributed by atoms with Crippen LogP contribution >= 0.6 is 11.8 Å². The number of nitrogens with two attached hydrogens (primary N) is 1. The van der Waals surface area contributed by atoms with Gasteiger partial charge in [0.05, 0.1) is 0 Å². The molecule has 0 bridgehead atoms. The Hall–Kier alpha value is -1.34. The lowest BCUT2D eigenvalue weighted by atomic mass is 9.94. The van der Waals surface area contributed by atoms with Crippen LogP contribution in [0, 0.1) is 5.92 Å². The maximum atomic E-state index is 6.19. The Labute approximate surface area is 128 Å². The van der Waals surface area contributed by atoms with Gasteiger partial charge in [0, 0.05) is 36.1 Å². The molecule has 1 aromatic carbocycles. The third kappa shape index (κ3) is 2.72. The summed E-state index contributed by atoms with van der Waals surface area (Å²) in [6, 6.07) is 7.34. The van der Waals surface area contributed by atoms with Crippen LogP contribution in [0.15, 0.2) is 29.3 Å². The number of anilines is 1. The minimum Gasteiger partial charge on any atom is -0.399 e. The summed E-state index contributed by atoms with van der Waals surface area (Å²) in [5.41, 5.74) is 7.24. The normalized spacial score (nSPS) is 27.0. The SMILES string of the molecule is COC1(C2CCNCC2)N=C(c2ccc(N)cc2)N(Cl)O1. The van der Waals surface area contributed by atoms with Crippen molar-refractivity contribution in [2.75, 3.05) is 25.9 Å². The molecular formula is C14H19ClN4O2. The zero-order valence-corrected chi connectivity index (χ0v) is 12.6. The highest BCUT2D eigenvalue weighted by molar-refractivity contribution is 6.24. The number of aliphatic imine (C=N–C) groups is 1. The minimum absolute atomic E-state index is 0.163. The van der Waals surface area contributed by atoms with Crippen molar-refractivity contribution in [3.8, 4) is 0 Å². The second kappa shape index (κ2) is 5.81. The smallest absolute Gasteiger partial charge is 0.298 e. The lowest BCUT2D eigenvalue weighted by molar-refractivity contribution is -0.293. The highest BCUT2D eigenvalue weighted by Crippen LogP contribution is 2.38. The third-order valence-corrected chi connectivity index (χ3v) is 4.18. The van der Waals surface area contributed by atoms with Gasteiger partial charge < -0.3 is 15.8 Å². The Morgan fingerprint density at radius 3 is 2.67 bits per heavy atom. The average molecular weight is 311 g/mol. The average Bonchev–Trinajstić information content (AvgIpc) is 2.87. The van der Waals surface area contributed by atoms with Crippen LogP contribution in [0.2, 0.25) is 0 Å². The molecule has 114 valence electrons. The van der Waals surface area contributed by atoms with Gasteiger partial charge in [0.25, 0.3) is 5.91 Å². The van der Waals surface area contributed by atoms with Gasteiger partial charge in [-0.1, -0.05) is 0 Å². The molecule has 0 aliphatic carbocycles. The van der Waals surface area contributed by atoms with E-state index in [1.54, 1.807) is 19.2 Å². The van der Waals surface area contributed by atoms with Crippen molar-refractivity contribution in [1.82, 2.24) is 9.90 Å². The Morgan fingerprint density at radius 2 is 2.05 bits per heavy atom. The van der Waals surface area contributed by atoms with E-state index in [0.717, 1.165) is 36.1 Å². The number of nitrogen functional groups attached to an aromatic ring is 1. The zero-order valence-electron chi connectivity index (χ0n) is 11.9. The van der Waals surface area contributed by atoms with E-state index in [2.05, 4.69) is 10.3 Å². The maximum Gasteiger partial charge on any atom is 0.298 e. The highest BCUT2D eigenvalue weighted by atomic mass is 35.5. The van der Waals surface area contributed by atoms with E-state index in [1.165, 1.54) is 0 Å². The molecule has 21 heavy (non-hydrogen) atoms. The van der Waals surface area contributed by atoms with Crippen molar-refractivity contribution in [2.45, 2.75) is 18.8 Å². The van der Waals surface area contributed by atoms with Gasteiger partial charge in [-0.25, -0.2) is 4.99 Å². The monoisotopic (exact) mass is 310 g/mol. The van der Waals surface area contributed by atoms with Gasteiger partial charge in [-0.2, -0.15) is 4.84 Å². The fourth-order valence-electron chi connectivity index (χ4n) is 2.77. The van der Waals surface area contributed by atoms with Crippen molar-refractivity contribution < 1.29 is 9.57 Å². The second-order valence-corrected chi connectivity index (χ2v) is 5.56. The molecule has 0 saturated carbocycles. The van der Waals surface area contributed by atoms with E-state index < -0.39 is 5.91 Å². The molecule has 1 unspecified atom stereocenters. The Kier molecular flexibility index (Phi) is 4.03. The largest absolute Gasteiger partial charge is 0.399 e. The number of ether oxygens (including phenoxy) is 1. The Morgan fingerprint density at radius 1 is 1.38 bits per heavy atom. The van der Waals surface area contributed by atoms with Gasteiger partial charge >= 0.3 is 0 Å². The maximum absolute atomic E-state index is 6.19. The lowest BCUT2D eigenvalue weighted by Gasteiger charge is -2.34. The van der Waals surface area contributed by atoms with Gasteiger partial charge in [0.15, 0.2) is 5.84 Å². The van der Waals surface area contributed by atoms with E-state index in [9.17, 15) is 0 Å². The van der Waals surface area contributed by atoms with E-state index >= 15 is 0 Å². The summed E-state index contributed by atoms with van der Waals surface area (Å²) in [5, 5.41) is 3.32. The first-order chi connectivity index (χ1) is 10.1. The van der Waals surface area contributed by atoms with Crippen molar-refractivity contribution in [1.29, 1.82) is 0 Å². The topological polar surface area (TPSA) is 72.1 Å². The summed E-state index contributed by atoms with van der Waals surface area (Å²) in [5.74, 6) is -0.339. The molecule has 0 aromatic heterocycles. The van der Waals surface area contributed by atoms with E-state index in [0.29, 0.717) is 11.5 Å². The van der Waals surface area contributed by atoms with Crippen LogP contribution in [-0.2, 0) is 9.57 Å². The Bertz CT molecular complexity index is 530. The fourth-order valence-corrected chi connectivity index (χ4v) is 3.00. The van der Waals surface area contributed by atoms with Gasteiger partial charge in [0.1, 0.15) is 0 Å². The van der Waals surface area contributed by atoms with Crippen LogP contribution in [0.25, 0.3) is 0 Å². The van der Waals surface area contributed by atoms with Gasteiger partial charge in [0.2, 0.25) is 0 Å². The molecule has 2 aliphatic rings. The number of hydrogen-bond acceptors (Lipinski definition) is 6. The highest BCUT2D eigenvalue weighted by Gasteiger charge is 2.48. The number of hydrogen-bond donors (Lipinski definition) is 2. The number of hydroxylamine groups is 1. The van der Waals surface area contributed by atoms with E-state index in [4.69, 9.17) is 27.1 Å². The van der Waals surface area contributed by atoms with Crippen LogP contribution < -0.4 is 11.1 Å². The molecule has 0 spiro atoms. The van der Waals surface area contributed by atoms with Crippen molar-refractivity contribution >= 4 is 23.3 Å². The van der Waals surface area contributed by atoms with Crippen LogP contribution in [0.3, 0.4) is 0 Å². The third-order valence-electron chi connectivity index (χ3n) is 3.96. The summed E-state index contributed by atoms with van der Waals surface area (Å²) in [7, 11) is 1.60. The number of methoxy groups -OCH3 is 1. The Balaban J connectivity index is 1.91. The van der Waals surface area contributed by atoms with Crippen LogP contribution in [0.4, 0.5) is 5.69 Å². The molecule has 0 radical (unpaired) electrons. The molecule has 3 N–H and O–H groups in total. The number of amidine groups is 1. The molecule has 1 saturated heterocycles. The van der Waals surface area contributed by atoms with Gasteiger partial charge in [-0.3, -0.25) is 0 Å². The molecule has 3 rings (SSSR count). The van der Waals surface area contributed by atoms with Gasteiger partial charge in [-0.15, -0.1) is 4.58 Å². The van der Waals surface area contributed by atoms with Crippen LogP contribution in [0.5, 0.6) is 0 Å². The molecule has 0 amide bonds. The molecule has 1 aromatic rings. The quantitative estimate of drug-likeness (QED) is 0.657. The molecule has 2 heterocycles. The molecular weight excluding hydrogens is 292 g/mol. The molecule has 1 atom stereocenters. The first kappa shape index (κ1) is 14.6. The van der Waals surface area contributed by atoms with Crippen molar-refractivity contribution in [2.24, 2.45) is 10.9 Å². The number of benzene rings is 1. The van der Waals surface area contributed by atoms with Gasteiger partial charge in [-0.05, 0) is 50.2 Å². The summed E-state index contributed by atoms with van der Waals surface area (Å²) < 4.78 is 6.76. The van der Waals surface area contributed by atoms with E-state index in [-0.39, 0.29) is 5.92 Å². The summed E-state index contributed by atoms with van der Waals surface area (Å²) in [6.07, 6.45) is 1.86. The van der Waals surface area contributed by atoms with E-state index in [1.807, 2.05) is 12.1 Å². The first-order valence-corrected chi connectivity index (χ1v) is 7.35. The number of nitrogens with zero attached hydrogens (tertiary/aromatic N) is 2. The fraction of sp³-hybridized carbons (Fsp3) is 0.500. The van der Waals surface area contributed by atoms with Crippen LogP contribution in [-0.4, -0.2) is 36.5 Å². The molecule has 1 fully saturated rings. The number of nitrogens with one attached hydrogen (secondary N) is 1. The van der Waals surface area contributed by atoms with Crippen molar-refractivity contribution in [3.63, 3.8) is 0 Å². The summed E-state index contributed by atoms with van der Waals surface area (Å²) in [6.45, 7) is 1.85. The standard InChI is InChI=1S/C14H19ClN4O2/c1-20-14(11-6-8-17-9-7-11)18-13(19(15)21-14)10-2-4-12(16)5-3-10/h2-5,11,17H,6-9,16H2,1H3. The molecule has 2 aliphatic heterocycles. The summed E-state index contributed by atoms with van der Waals surface area (Å²) >= 11 is 6.19. The minimum atomic E-state index is -1.04. The molecule has 7 heteroatoms. The predicted octanol–water partition coefficient (Wildman–Crippen LogP) is 1.72. The summed E-state index contributed by atoms with van der Waals surface area (Å²) in [4.78, 5) is 10.4. The lowest BCUT2D eigenvalue weighted by Crippen LogP contribution is -2.45. The first-order valence-electron chi connectivity index (χ1n) is 7.01. The molecule has 6 nitrogen and oxygen atoms in total. The van der Waals surface area contributed by atoms with Crippen LogP contribution in [0.1, 0.15) is 18.4 Å². The number of rotatable bonds is 3. The number of halogens is 1. The van der Waals surface area contributed by atoms with Crippen molar-refractivity contribution in [3.05, 3.63) is 29.8 Å². The number of piperidine rings is 1. The zero-order chi connectivity index (χ0) is 14.9.